The van der Waals surface area contributed by atoms with E-state index in [-0.39, 0.29) is 18.3 Å². The molecule has 3 N–H and O–H groups in total. The number of hydrogen-bond acceptors (Lipinski definition) is 5. The summed E-state index contributed by atoms with van der Waals surface area (Å²) in [6.07, 6.45) is 4.46. The van der Waals surface area contributed by atoms with Crippen LogP contribution in [0.2, 0.25) is 0 Å². The fourth-order valence-corrected chi connectivity index (χ4v) is 2.34. The molecule has 0 spiro atoms. The number of anilines is 1. The second kappa shape index (κ2) is 6.13. The lowest BCUT2D eigenvalue weighted by atomic mass is 10.0. The van der Waals surface area contributed by atoms with E-state index in [1.807, 2.05) is 12.1 Å². The zero-order valence-electron chi connectivity index (χ0n) is 10.9. The molecule has 1 aliphatic rings. The average Bonchev–Trinajstić information content (AvgIpc) is 2.35. The third-order valence-electron chi connectivity index (χ3n) is 3.11. The summed E-state index contributed by atoms with van der Waals surface area (Å²) >= 11 is 0. The molecule has 0 amide bonds. The Morgan fingerprint density at radius 1 is 1.44 bits per heavy atom. The number of nitrogens with two attached hydrogens (primary N) is 1. The van der Waals surface area contributed by atoms with Crippen molar-refractivity contribution >= 4 is 5.82 Å². The van der Waals surface area contributed by atoms with Gasteiger partial charge in [0.25, 0.3) is 0 Å². The summed E-state index contributed by atoms with van der Waals surface area (Å²) in [5.74, 6) is 5.98. The molecule has 1 aliphatic heterocycles. The quantitative estimate of drug-likeness (QED) is 0.631. The molecule has 2 atom stereocenters. The largest absolute Gasteiger partial charge is 0.375 e. The Labute approximate surface area is 108 Å². The molecule has 0 aromatic carbocycles. The van der Waals surface area contributed by atoms with Crippen molar-refractivity contribution in [2.24, 2.45) is 5.84 Å². The lowest BCUT2D eigenvalue weighted by Gasteiger charge is -2.32. The van der Waals surface area contributed by atoms with Gasteiger partial charge in [-0.15, -0.1) is 0 Å². The Kier molecular flexibility index (Phi) is 4.52. The number of nitrogens with zero attached hydrogens (tertiary/aromatic N) is 1. The first-order valence-corrected chi connectivity index (χ1v) is 6.36. The van der Waals surface area contributed by atoms with Crippen molar-refractivity contribution in [1.82, 2.24) is 4.98 Å². The first kappa shape index (κ1) is 13.3. The summed E-state index contributed by atoms with van der Waals surface area (Å²) in [6.45, 7) is 4.77. The lowest BCUT2D eigenvalue weighted by molar-refractivity contribution is -0.106. The van der Waals surface area contributed by atoms with Crippen LogP contribution in [0.3, 0.4) is 0 Å². The highest BCUT2D eigenvalue weighted by Gasteiger charge is 2.24. The van der Waals surface area contributed by atoms with E-state index >= 15 is 0 Å². The summed E-state index contributed by atoms with van der Waals surface area (Å²) in [6, 6.07) is 3.83. The maximum atomic E-state index is 5.93. The molecule has 5 heteroatoms. The van der Waals surface area contributed by atoms with Crippen molar-refractivity contribution in [3.63, 3.8) is 0 Å². The van der Waals surface area contributed by atoms with Crippen molar-refractivity contribution in [3.05, 3.63) is 23.9 Å². The van der Waals surface area contributed by atoms with E-state index in [2.05, 4.69) is 24.3 Å². The molecular formula is C13H21N3O2. The van der Waals surface area contributed by atoms with Gasteiger partial charge in [-0.25, -0.2) is 10.8 Å². The lowest BCUT2D eigenvalue weighted by Crippen LogP contribution is -2.34. The molecule has 0 aliphatic carbocycles. The van der Waals surface area contributed by atoms with E-state index in [4.69, 9.17) is 15.3 Å². The molecule has 18 heavy (non-hydrogen) atoms. The van der Waals surface area contributed by atoms with E-state index in [1.165, 1.54) is 0 Å². The molecule has 2 rings (SSSR count). The van der Waals surface area contributed by atoms with Crippen LogP contribution in [-0.2, 0) is 16.1 Å². The van der Waals surface area contributed by atoms with Gasteiger partial charge < -0.3 is 14.9 Å². The monoisotopic (exact) mass is 251 g/mol. The molecule has 1 aromatic rings. The van der Waals surface area contributed by atoms with Gasteiger partial charge >= 0.3 is 0 Å². The highest BCUT2D eigenvalue weighted by atomic mass is 16.5. The minimum Gasteiger partial charge on any atom is -0.375 e. The van der Waals surface area contributed by atoms with Gasteiger partial charge in [0.05, 0.1) is 24.9 Å². The number of nitrogens with one attached hydrogen (secondary N) is 1. The third-order valence-corrected chi connectivity index (χ3v) is 3.11. The van der Waals surface area contributed by atoms with Gasteiger partial charge in [0.15, 0.2) is 0 Å². The normalized spacial score (nSPS) is 28.1. The van der Waals surface area contributed by atoms with Crippen LogP contribution < -0.4 is 11.3 Å². The predicted molar refractivity (Wildman–Crippen MR) is 69.9 cm³/mol. The average molecular weight is 251 g/mol. The minimum absolute atomic E-state index is 0.270. The van der Waals surface area contributed by atoms with E-state index in [9.17, 15) is 0 Å². The number of nitrogen functional groups attached to an aromatic ring is 1. The minimum atomic E-state index is 0.270. The Morgan fingerprint density at radius 2 is 2.17 bits per heavy atom. The zero-order chi connectivity index (χ0) is 13.0. The number of rotatable bonds is 4. The molecule has 0 saturated carbocycles. The van der Waals surface area contributed by atoms with Crippen LogP contribution in [-0.4, -0.2) is 23.3 Å². The molecule has 2 heterocycles. The number of hydrazine groups is 1. The molecular weight excluding hydrogens is 230 g/mol. The summed E-state index contributed by atoms with van der Waals surface area (Å²) in [4.78, 5) is 4.07. The summed E-state index contributed by atoms with van der Waals surface area (Å²) in [5, 5.41) is 0. The standard InChI is InChI=1S/C13H21N3O2/c1-9-5-12(6-10(2)18-9)17-8-11-3-4-15-13(7-11)16-14/h3-4,7,9-10,12H,5-6,8,14H2,1-2H3,(H,15,16). The topological polar surface area (TPSA) is 69.4 Å². The number of pyridine rings is 1. The SMILES string of the molecule is CC1CC(OCc2ccnc(NN)c2)CC(C)O1. The van der Waals surface area contributed by atoms with E-state index in [1.54, 1.807) is 6.20 Å². The Bertz CT molecular complexity index is 376. The van der Waals surface area contributed by atoms with Gasteiger partial charge in [-0.2, -0.15) is 0 Å². The highest BCUT2D eigenvalue weighted by molar-refractivity contribution is 5.35. The van der Waals surface area contributed by atoms with Crippen LogP contribution in [0, 0.1) is 0 Å². The third kappa shape index (κ3) is 3.66. The molecule has 1 aromatic heterocycles. The molecule has 1 fully saturated rings. The van der Waals surface area contributed by atoms with E-state index in [0.29, 0.717) is 12.4 Å². The van der Waals surface area contributed by atoms with Gasteiger partial charge in [-0.3, -0.25) is 0 Å². The maximum absolute atomic E-state index is 5.93. The van der Waals surface area contributed by atoms with Gasteiger partial charge in [-0.1, -0.05) is 0 Å². The number of hydrogen-bond donors (Lipinski definition) is 2. The second-order valence-corrected chi connectivity index (χ2v) is 4.86. The van der Waals surface area contributed by atoms with Crippen LogP contribution in [0.5, 0.6) is 0 Å². The van der Waals surface area contributed by atoms with Crippen molar-refractivity contribution < 1.29 is 9.47 Å². The number of aromatic nitrogens is 1. The fraction of sp³-hybridized carbons (Fsp3) is 0.615. The summed E-state index contributed by atoms with van der Waals surface area (Å²) in [5.41, 5.74) is 3.61. The summed E-state index contributed by atoms with van der Waals surface area (Å²) in [7, 11) is 0. The Morgan fingerprint density at radius 3 is 2.83 bits per heavy atom. The van der Waals surface area contributed by atoms with Crippen LogP contribution in [0.1, 0.15) is 32.3 Å². The van der Waals surface area contributed by atoms with Gasteiger partial charge in [0.1, 0.15) is 5.82 Å². The van der Waals surface area contributed by atoms with Crippen molar-refractivity contribution in [2.45, 2.75) is 51.6 Å². The van der Waals surface area contributed by atoms with Crippen LogP contribution in [0.4, 0.5) is 5.82 Å². The molecule has 0 bridgehead atoms. The van der Waals surface area contributed by atoms with Gasteiger partial charge in [-0.05, 0) is 44.4 Å². The predicted octanol–water partition coefficient (Wildman–Crippen LogP) is 1.84. The Balaban J connectivity index is 1.86. The smallest absolute Gasteiger partial charge is 0.140 e. The Hall–Kier alpha value is -1.17. The van der Waals surface area contributed by atoms with Gasteiger partial charge in [0.2, 0.25) is 0 Å². The van der Waals surface area contributed by atoms with Crippen LogP contribution in [0.25, 0.3) is 0 Å². The highest BCUT2D eigenvalue weighted by Crippen LogP contribution is 2.22. The first-order chi connectivity index (χ1) is 8.67. The maximum Gasteiger partial charge on any atom is 0.140 e. The molecule has 5 nitrogen and oxygen atoms in total. The van der Waals surface area contributed by atoms with Crippen molar-refractivity contribution in [3.8, 4) is 0 Å². The molecule has 100 valence electrons. The van der Waals surface area contributed by atoms with E-state index < -0.39 is 0 Å². The van der Waals surface area contributed by atoms with E-state index in [0.717, 1.165) is 18.4 Å². The fourth-order valence-electron chi connectivity index (χ4n) is 2.34. The zero-order valence-corrected chi connectivity index (χ0v) is 10.9. The van der Waals surface area contributed by atoms with Crippen molar-refractivity contribution in [2.75, 3.05) is 5.43 Å². The first-order valence-electron chi connectivity index (χ1n) is 6.36. The van der Waals surface area contributed by atoms with Crippen LogP contribution >= 0.6 is 0 Å². The van der Waals surface area contributed by atoms with Crippen LogP contribution in [0.15, 0.2) is 18.3 Å². The molecule has 2 unspecified atom stereocenters. The number of ether oxygens (including phenoxy) is 2. The second-order valence-electron chi connectivity index (χ2n) is 4.86. The van der Waals surface area contributed by atoms with Gasteiger partial charge in [0, 0.05) is 6.20 Å². The van der Waals surface area contributed by atoms with Crippen molar-refractivity contribution in [1.29, 1.82) is 0 Å². The molecule has 0 radical (unpaired) electrons. The molecule has 1 saturated heterocycles. The summed E-state index contributed by atoms with van der Waals surface area (Å²) < 4.78 is 11.6.